The molecule has 0 aliphatic rings. The summed E-state index contributed by atoms with van der Waals surface area (Å²) in [5.41, 5.74) is 2.75. The number of nitrogens with one attached hydrogen (secondary N) is 2. The van der Waals surface area contributed by atoms with E-state index in [1.807, 2.05) is 13.0 Å². The summed E-state index contributed by atoms with van der Waals surface area (Å²) in [6.45, 7) is 5.12. The summed E-state index contributed by atoms with van der Waals surface area (Å²) in [6.07, 6.45) is 1.05. The molecule has 0 fully saturated rings. The highest BCUT2D eigenvalue weighted by Crippen LogP contribution is 2.27. The van der Waals surface area contributed by atoms with Gasteiger partial charge in [0.2, 0.25) is 15.9 Å². The Morgan fingerprint density at radius 3 is 2.03 bits per heavy atom. The van der Waals surface area contributed by atoms with Crippen LogP contribution in [0.2, 0.25) is 0 Å². The standard InChI is InChI=1S/C24H26BrN3O5S2/c1-16-5-6-17(2)23(15-16)28(34(4,30)31)18(3)24(29)26-20-11-13-22(14-12-20)35(32,33)27-21-9-7-19(25)8-10-21/h5-15,18,27H,1-4H3,(H,26,29)/t18-/m1/s1. The smallest absolute Gasteiger partial charge is 0.261 e. The van der Waals surface area contributed by atoms with E-state index in [-0.39, 0.29) is 4.90 Å². The van der Waals surface area contributed by atoms with E-state index in [0.29, 0.717) is 22.6 Å². The summed E-state index contributed by atoms with van der Waals surface area (Å²) in [7, 11) is -7.60. The van der Waals surface area contributed by atoms with Crippen LogP contribution in [0.3, 0.4) is 0 Å². The number of carbonyl (C=O) groups excluding carboxylic acids is 1. The van der Waals surface area contributed by atoms with Crippen LogP contribution in [0.1, 0.15) is 18.1 Å². The van der Waals surface area contributed by atoms with Crippen LogP contribution in [0.25, 0.3) is 0 Å². The average molecular weight is 581 g/mol. The number of halogens is 1. The first-order chi connectivity index (χ1) is 16.3. The average Bonchev–Trinajstić information content (AvgIpc) is 2.77. The van der Waals surface area contributed by atoms with Crippen LogP contribution >= 0.6 is 15.9 Å². The van der Waals surface area contributed by atoms with Crippen LogP contribution in [-0.4, -0.2) is 35.0 Å². The number of anilines is 3. The van der Waals surface area contributed by atoms with Gasteiger partial charge in [-0.15, -0.1) is 0 Å². The quantitative estimate of drug-likeness (QED) is 0.403. The van der Waals surface area contributed by atoms with Gasteiger partial charge in [-0.1, -0.05) is 28.1 Å². The van der Waals surface area contributed by atoms with E-state index < -0.39 is 32.0 Å². The molecule has 0 aliphatic heterocycles. The topological polar surface area (TPSA) is 113 Å². The largest absolute Gasteiger partial charge is 0.324 e. The minimum absolute atomic E-state index is 0.0135. The van der Waals surface area contributed by atoms with E-state index in [1.165, 1.54) is 31.2 Å². The number of sulfonamides is 2. The monoisotopic (exact) mass is 579 g/mol. The van der Waals surface area contributed by atoms with Gasteiger partial charge in [0.25, 0.3) is 10.0 Å². The number of amides is 1. The molecule has 8 nitrogen and oxygen atoms in total. The molecule has 35 heavy (non-hydrogen) atoms. The van der Waals surface area contributed by atoms with Crippen LogP contribution in [0.5, 0.6) is 0 Å². The van der Waals surface area contributed by atoms with Gasteiger partial charge in [0, 0.05) is 15.8 Å². The normalized spacial score (nSPS) is 12.6. The van der Waals surface area contributed by atoms with Crippen LogP contribution in [0.4, 0.5) is 17.1 Å². The number of hydrogen-bond donors (Lipinski definition) is 2. The number of hydrogen-bond acceptors (Lipinski definition) is 5. The Balaban J connectivity index is 1.79. The lowest BCUT2D eigenvalue weighted by atomic mass is 10.1. The molecular weight excluding hydrogens is 554 g/mol. The Bertz CT molecular complexity index is 1440. The molecule has 0 aliphatic carbocycles. The van der Waals surface area contributed by atoms with E-state index in [4.69, 9.17) is 0 Å². The summed E-state index contributed by atoms with van der Waals surface area (Å²) in [4.78, 5) is 13.0. The summed E-state index contributed by atoms with van der Waals surface area (Å²) < 4.78 is 54.9. The molecule has 3 aromatic rings. The SMILES string of the molecule is Cc1ccc(C)c(N([C@H](C)C(=O)Nc2ccc(S(=O)(=O)Nc3ccc(Br)cc3)cc2)S(C)(=O)=O)c1. The summed E-state index contributed by atoms with van der Waals surface area (Å²) in [6, 6.07) is 16.6. The molecular formula is C24H26BrN3O5S2. The van der Waals surface area contributed by atoms with Crippen molar-refractivity contribution in [3.8, 4) is 0 Å². The van der Waals surface area contributed by atoms with E-state index in [9.17, 15) is 21.6 Å². The summed E-state index contributed by atoms with van der Waals surface area (Å²) >= 11 is 3.30. The lowest BCUT2D eigenvalue weighted by Crippen LogP contribution is -2.45. The van der Waals surface area contributed by atoms with Gasteiger partial charge in [-0.2, -0.15) is 0 Å². The van der Waals surface area contributed by atoms with Gasteiger partial charge in [-0.25, -0.2) is 16.8 Å². The van der Waals surface area contributed by atoms with Crippen molar-refractivity contribution >= 4 is 58.9 Å². The lowest BCUT2D eigenvalue weighted by molar-refractivity contribution is -0.116. The maximum absolute atomic E-state index is 13.0. The van der Waals surface area contributed by atoms with Crippen molar-refractivity contribution < 1.29 is 21.6 Å². The molecule has 0 unspecified atom stereocenters. The van der Waals surface area contributed by atoms with Gasteiger partial charge in [-0.3, -0.25) is 13.8 Å². The number of aryl methyl sites for hydroxylation is 2. The van der Waals surface area contributed by atoms with E-state index in [1.54, 1.807) is 43.3 Å². The lowest BCUT2D eigenvalue weighted by Gasteiger charge is -2.29. The van der Waals surface area contributed by atoms with Gasteiger partial charge < -0.3 is 5.32 Å². The zero-order valence-corrected chi connectivity index (χ0v) is 22.8. The third-order valence-corrected chi connectivity index (χ3v) is 8.37. The highest BCUT2D eigenvalue weighted by atomic mass is 79.9. The van der Waals surface area contributed by atoms with Gasteiger partial charge in [0.1, 0.15) is 6.04 Å². The summed E-state index contributed by atoms with van der Waals surface area (Å²) in [5, 5.41) is 2.67. The fourth-order valence-electron chi connectivity index (χ4n) is 3.43. The Morgan fingerprint density at radius 1 is 0.886 bits per heavy atom. The maximum Gasteiger partial charge on any atom is 0.261 e. The molecule has 3 aromatic carbocycles. The Kier molecular flexibility index (Phi) is 7.93. The third-order valence-electron chi connectivity index (χ3n) is 5.22. The van der Waals surface area contributed by atoms with Crippen LogP contribution in [0.15, 0.2) is 76.1 Å². The van der Waals surface area contributed by atoms with Crippen LogP contribution in [-0.2, 0) is 24.8 Å². The Morgan fingerprint density at radius 2 is 1.46 bits per heavy atom. The molecule has 1 amide bonds. The first kappa shape index (κ1) is 26.7. The molecule has 3 rings (SSSR count). The molecule has 0 aromatic heterocycles. The van der Waals surface area contributed by atoms with Gasteiger partial charge in [0.15, 0.2) is 0 Å². The zero-order valence-electron chi connectivity index (χ0n) is 19.6. The number of benzene rings is 3. The minimum Gasteiger partial charge on any atom is -0.324 e. The molecule has 11 heteroatoms. The van der Waals surface area contributed by atoms with Crippen molar-refractivity contribution in [1.29, 1.82) is 0 Å². The first-order valence-corrected chi connectivity index (χ1v) is 14.7. The zero-order chi connectivity index (χ0) is 26.0. The van der Waals surface area contributed by atoms with E-state index >= 15 is 0 Å². The molecule has 0 spiro atoms. The molecule has 0 saturated heterocycles. The molecule has 2 N–H and O–H groups in total. The van der Waals surface area contributed by atoms with Crippen LogP contribution in [0, 0.1) is 13.8 Å². The highest BCUT2D eigenvalue weighted by Gasteiger charge is 2.30. The molecule has 186 valence electrons. The second kappa shape index (κ2) is 10.4. The number of carbonyl (C=O) groups is 1. The predicted molar refractivity (Wildman–Crippen MR) is 143 cm³/mol. The Hall–Kier alpha value is -2.89. The van der Waals surface area contributed by atoms with Gasteiger partial charge >= 0.3 is 0 Å². The molecule has 0 radical (unpaired) electrons. The summed E-state index contributed by atoms with van der Waals surface area (Å²) in [5.74, 6) is -0.556. The van der Waals surface area contributed by atoms with Crippen molar-refractivity contribution in [2.75, 3.05) is 20.6 Å². The second-order valence-electron chi connectivity index (χ2n) is 8.15. The Labute approximate surface area is 214 Å². The predicted octanol–water partition coefficient (Wildman–Crippen LogP) is 4.66. The van der Waals surface area contributed by atoms with Crippen molar-refractivity contribution in [1.82, 2.24) is 0 Å². The van der Waals surface area contributed by atoms with Gasteiger partial charge in [-0.05, 0) is 86.5 Å². The fourth-order valence-corrected chi connectivity index (χ4v) is 5.98. The van der Waals surface area contributed by atoms with Gasteiger partial charge in [0.05, 0.1) is 16.8 Å². The van der Waals surface area contributed by atoms with Crippen LogP contribution < -0.4 is 14.3 Å². The van der Waals surface area contributed by atoms with E-state index in [2.05, 4.69) is 26.0 Å². The fraction of sp³-hybridized carbons (Fsp3) is 0.208. The molecule has 0 heterocycles. The molecule has 0 saturated carbocycles. The molecule has 1 atom stereocenters. The number of rotatable bonds is 8. The first-order valence-electron chi connectivity index (χ1n) is 10.5. The minimum atomic E-state index is -3.83. The van der Waals surface area contributed by atoms with E-state index in [0.717, 1.165) is 20.6 Å². The van der Waals surface area contributed by atoms with Crippen molar-refractivity contribution in [3.05, 3.63) is 82.3 Å². The number of nitrogens with zero attached hydrogens (tertiary/aromatic N) is 1. The third kappa shape index (κ3) is 6.62. The maximum atomic E-state index is 13.0. The molecule has 0 bridgehead atoms. The second-order valence-corrected chi connectivity index (χ2v) is 12.6. The van der Waals surface area contributed by atoms with Crippen molar-refractivity contribution in [3.63, 3.8) is 0 Å². The highest BCUT2D eigenvalue weighted by molar-refractivity contribution is 9.10. The van der Waals surface area contributed by atoms with Crippen molar-refractivity contribution in [2.24, 2.45) is 0 Å². The van der Waals surface area contributed by atoms with Crippen molar-refractivity contribution in [2.45, 2.75) is 31.7 Å².